The average molecular weight is 216 g/mol. The van der Waals surface area contributed by atoms with E-state index < -0.39 is 17.9 Å². The molecule has 0 unspecified atom stereocenters. The van der Waals surface area contributed by atoms with Crippen LogP contribution in [0.4, 0.5) is 0 Å². The highest BCUT2D eigenvalue weighted by Crippen LogP contribution is 1.98. The fourth-order valence-electron chi connectivity index (χ4n) is 1.04. The molecule has 0 fully saturated rings. The van der Waals surface area contributed by atoms with Gasteiger partial charge in [0, 0.05) is 12.8 Å². The lowest BCUT2D eigenvalue weighted by Crippen LogP contribution is -2.41. The third-order valence-electron chi connectivity index (χ3n) is 1.79. The number of carboxylic acids is 1. The zero-order valence-corrected chi connectivity index (χ0v) is 8.66. The molecular formula is C9H16N2O4. The van der Waals surface area contributed by atoms with Crippen LogP contribution in [0, 0.1) is 0 Å². The molecule has 0 spiro atoms. The standard InChI is InChI=1S/C9H16N2O4/c1-2-3-8(13)11-6(9(14)15)4-5-7(10)12/h6H,2-5H2,1H3,(H2,10,12)(H,11,13)(H,14,15)/t6-/m1/s1. The van der Waals surface area contributed by atoms with Crippen molar-refractivity contribution in [2.24, 2.45) is 5.73 Å². The van der Waals surface area contributed by atoms with Crippen LogP contribution >= 0.6 is 0 Å². The third kappa shape index (κ3) is 6.48. The first-order chi connectivity index (χ1) is 6.97. The molecule has 15 heavy (non-hydrogen) atoms. The second kappa shape index (κ2) is 6.80. The van der Waals surface area contributed by atoms with E-state index in [4.69, 9.17) is 10.8 Å². The SMILES string of the molecule is CCCC(=O)N[C@H](CCC(N)=O)C(=O)O. The number of carbonyl (C=O) groups is 3. The number of hydrogen-bond acceptors (Lipinski definition) is 3. The molecular weight excluding hydrogens is 200 g/mol. The Morgan fingerprint density at radius 1 is 1.33 bits per heavy atom. The van der Waals surface area contributed by atoms with E-state index in [1.54, 1.807) is 0 Å². The Morgan fingerprint density at radius 3 is 2.33 bits per heavy atom. The summed E-state index contributed by atoms with van der Waals surface area (Å²) in [6.45, 7) is 1.82. The second-order valence-electron chi connectivity index (χ2n) is 3.21. The molecule has 6 heteroatoms. The van der Waals surface area contributed by atoms with Gasteiger partial charge in [-0.2, -0.15) is 0 Å². The van der Waals surface area contributed by atoms with Gasteiger partial charge in [-0.1, -0.05) is 6.92 Å². The molecule has 0 saturated carbocycles. The van der Waals surface area contributed by atoms with Crippen molar-refractivity contribution in [1.82, 2.24) is 5.32 Å². The lowest BCUT2D eigenvalue weighted by Gasteiger charge is -2.13. The molecule has 0 rings (SSSR count). The number of rotatable bonds is 7. The summed E-state index contributed by atoms with van der Waals surface area (Å²) in [5, 5.41) is 11.1. The molecule has 0 saturated heterocycles. The van der Waals surface area contributed by atoms with Gasteiger partial charge in [-0.15, -0.1) is 0 Å². The summed E-state index contributed by atoms with van der Waals surface area (Å²) in [5.41, 5.74) is 4.89. The highest BCUT2D eigenvalue weighted by Gasteiger charge is 2.19. The second-order valence-corrected chi connectivity index (χ2v) is 3.21. The first-order valence-corrected chi connectivity index (χ1v) is 4.77. The molecule has 0 aromatic rings. The van der Waals surface area contributed by atoms with Crippen molar-refractivity contribution in [2.75, 3.05) is 0 Å². The van der Waals surface area contributed by atoms with E-state index in [1.807, 2.05) is 6.92 Å². The lowest BCUT2D eigenvalue weighted by atomic mass is 10.1. The zero-order chi connectivity index (χ0) is 11.8. The van der Waals surface area contributed by atoms with Gasteiger partial charge in [-0.3, -0.25) is 9.59 Å². The summed E-state index contributed by atoms with van der Waals surface area (Å²) in [5.74, 6) is -2.05. The molecule has 86 valence electrons. The van der Waals surface area contributed by atoms with Gasteiger partial charge in [-0.05, 0) is 12.8 Å². The van der Waals surface area contributed by atoms with Crippen molar-refractivity contribution >= 4 is 17.8 Å². The Morgan fingerprint density at radius 2 is 1.93 bits per heavy atom. The number of nitrogens with two attached hydrogens (primary N) is 1. The summed E-state index contributed by atoms with van der Waals surface area (Å²) in [4.78, 5) is 32.3. The normalized spacial score (nSPS) is 11.8. The Balaban J connectivity index is 4.10. The molecule has 1 atom stereocenters. The van der Waals surface area contributed by atoms with E-state index in [1.165, 1.54) is 0 Å². The highest BCUT2D eigenvalue weighted by atomic mass is 16.4. The topological polar surface area (TPSA) is 109 Å². The molecule has 0 bridgehead atoms. The lowest BCUT2D eigenvalue weighted by molar-refractivity contribution is -0.142. The predicted octanol–water partition coefficient (Wildman–Crippen LogP) is -0.379. The Hall–Kier alpha value is -1.59. The van der Waals surface area contributed by atoms with Gasteiger partial charge in [0.2, 0.25) is 11.8 Å². The molecule has 4 N–H and O–H groups in total. The molecule has 2 amide bonds. The number of primary amides is 1. The molecule has 0 heterocycles. The number of carboxylic acid groups (broad SMARTS) is 1. The Bertz CT molecular complexity index is 252. The van der Waals surface area contributed by atoms with Crippen LogP contribution in [-0.4, -0.2) is 28.9 Å². The summed E-state index contributed by atoms with van der Waals surface area (Å²) in [7, 11) is 0. The van der Waals surface area contributed by atoms with Gasteiger partial charge in [-0.25, -0.2) is 4.79 Å². The summed E-state index contributed by atoms with van der Waals surface area (Å²) < 4.78 is 0. The quantitative estimate of drug-likeness (QED) is 0.538. The van der Waals surface area contributed by atoms with E-state index in [2.05, 4.69) is 5.32 Å². The maximum atomic E-state index is 11.1. The minimum atomic E-state index is -1.15. The van der Waals surface area contributed by atoms with Gasteiger partial charge in [0.1, 0.15) is 6.04 Å². The molecule has 0 aromatic carbocycles. The van der Waals surface area contributed by atoms with Gasteiger partial charge < -0.3 is 16.2 Å². The van der Waals surface area contributed by atoms with E-state index in [9.17, 15) is 14.4 Å². The smallest absolute Gasteiger partial charge is 0.326 e. The molecule has 0 aliphatic rings. The first-order valence-electron chi connectivity index (χ1n) is 4.77. The molecule has 0 radical (unpaired) electrons. The maximum absolute atomic E-state index is 11.1. The fraction of sp³-hybridized carbons (Fsp3) is 0.667. The van der Waals surface area contributed by atoms with Crippen molar-refractivity contribution in [3.8, 4) is 0 Å². The number of carbonyl (C=O) groups excluding carboxylic acids is 2. The Labute approximate surface area is 87.8 Å². The van der Waals surface area contributed by atoms with Crippen LogP contribution in [-0.2, 0) is 14.4 Å². The maximum Gasteiger partial charge on any atom is 0.326 e. The van der Waals surface area contributed by atoms with Gasteiger partial charge in [0.25, 0.3) is 0 Å². The summed E-state index contributed by atoms with van der Waals surface area (Å²) >= 11 is 0. The molecule has 6 nitrogen and oxygen atoms in total. The zero-order valence-electron chi connectivity index (χ0n) is 8.66. The molecule has 0 aliphatic heterocycles. The van der Waals surface area contributed by atoms with Crippen LogP contribution in [0.2, 0.25) is 0 Å². The van der Waals surface area contributed by atoms with E-state index in [0.717, 1.165) is 0 Å². The van der Waals surface area contributed by atoms with Crippen LogP contribution in [0.5, 0.6) is 0 Å². The Kier molecular flexibility index (Phi) is 6.08. The summed E-state index contributed by atoms with van der Waals surface area (Å²) in [6.07, 6.45) is 0.901. The monoisotopic (exact) mass is 216 g/mol. The van der Waals surface area contributed by atoms with Crippen LogP contribution in [0.1, 0.15) is 32.6 Å². The van der Waals surface area contributed by atoms with Crippen LogP contribution < -0.4 is 11.1 Å². The minimum Gasteiger partial charge on any atom is -0.480 e. The minimum absolute atomic E-state index is 0.0279. The van der Waals surface area contributed by atoms with Crippen molar-refractivity contribution < 1.29 is 19.5 Å². The van der Waals surface area contributed by atoms with E-state index in [-0.39, 0.29) is 25.2 Å². The van der Waals surface area contributed by atoms with E-state index >= 15 is 0 Å². The van der Waals surface area contributed by atoms with Gasteiger partial charge >= 0.3 is 5.97 Å². The fourth-order valence-corrected chi connectivity index (χ4v) is 1.04. The van der Waals surface area contributed by atoms with Crippen LogP contribution in [0.25, 0.3) is 0 Å². The third-order valence-corrected chi connectivity index (χ3v) is 1.79. The van der Waals surface area contributed by atoms with Gasteiger partial charge in [0.15, 0.2) is 0 Å². The van der Waals surface area contributed by atoms with Crippen molar-refractivity contribution in [3.63, 3.8) is 0 Å². The number of nitrogens with one attached hydrogen (secondary N) is 1. The van der Waals surface area contributed by atoms with Crippen molar-refractivity contribution in [3.05, 3.63) is 0 Å². The van der Waals surface area contributed by atoms with Crippen LogP contribution in [0.15, 0.2) is 0 Å². The van der Waals surface area contributed by atoms with Crippen molar-refractivity contribution in [1.29, 1.82) is 0 Å². The number of aliphatic carboxylic acids is 1. The molecule has 0 aliphatic carbocycles. The highest BCUT2D eigenvalue weighted by molar-refractivity contribution is 5.84. The van der Waals surface area contributed by atoms with E-state index in [0.29, 0.717) is 6.42 Å². The largest absolute Gasteiger partial charge is 0.480 e. The predicted molar refractivity (Wildman–Crippen MR) is 52.9 cm³/mol. The molecule has 0 aromatic heterocycles. The summed E-state index contributed by atoms with van der Waals surface area (Å²) in [6, 6.07) is -1.03. The number of amides is 2. The van der Waals surface area contributed by atoms with Crippen molar-refractivity contribution in [2.45, 2.75) is 38.6 Å². The number of hydrogen-bond donors (Lipinski definition) is 3. The van der Waals surface area contributed by atoms with Crippen LogP contribution in [0.3, 0.4) is 0 Å². The average Bonchev–Trinajstić information content (AvgIpc) is 2.11. The first kappa shape index (κ1) is 13.4. The van der Waals surface area contributed by atoms with Gasteiger partial charge in [0.05, 0.1) is 0 Å².